The van der Waals surface area contributed by atoms with Gasteiger partial charge >= 0.3 is 0 Å². The number of hydrogen-bond acceptors (Lipinski definition) is 5. The number of phenolic OH excluding ortho intramolecular Hbond substituents is 1. The Kier molecular flexibility index (Phi) is 20.8. The second kappa shape index (κ2) is 19.4. The van der Waals surface area contributed by atoms with Crippen molar-refractivity contribution in [1.82, 2.24) is 0 Å². The molecule has 0 unspecified atom stereocenters. The number of benzene rings is 2. The molecule has 0 atom stereocenters. The zero-order chi connectivity index (χ0) is 21.8. The molecule has 27 heavy (non-hydrogen) atoms. The monoisotopic (exact) mass is 379 g/mol. The van der Waals surface area contributed by atoms with Crippen LogP contribution in [0.4, 0.5) is 5.69 Å². The van der Waals surface area contributed by atoms with Gasteiger partial charge in [0.1, 0.15) is 17.2 Å². The van der Waals surface area contributed by atoms with Gasteiger partial charge in [0.15, 0.2) is 6.29 Å². The number of nitrogens with zero attached hydrogens (tertiary/aromatic N) is 1. The number of ether oxygens (including phenoxy) is 1. The summed E-state index contributed by atoms with van der Waals surface area (Å²) in [6.07, 6.45) is 0.512. The first-order valence-electron chi connectivity index (χ1n) is 9.30. The van der Waals surface area contributed by atoms with Crippen LogP contribution in [0.1, 0.15) is 65.7 Å². The summed E-state index contributed by atoms with van der Waals surface area (Å²) in [7, 11) is 0. The summed E-state index contributed by atoms with van der Waals surface area (Å²) in [4.78, 5) is 20.6. The second-order valence-electron chi connectivity index (χ2n) is 3.69. The predicted molar refractivity (Wildman–Crippen MR) is 112 cm³/mol. The third-order valence-corrected chi connectivity index (χ3v) is 2.41. The molecule has 0 saturated carbocycles. The summed E-state index contributed by atoms with van der Waals surface area (Å²) in [5, 5.41) is 19.8. The Morgan fingerprint density at radius 3 is 1.70 bits per heavy atom. The summed E-state index contributed by atoms with van der Waals surface area (Å²) >= 11 is 0. The van der Waals surface area contributed by atoms with Crippen LogP contribution < -0.4 is 4.74 Å². The Morgan fingerprint density at radius 2 is 1.30 bits per heavy atom. The van der Waals surface area contributed by atoms with Crippen molar-refractivity contribution < 1.29 is 19.6 Å². The Balaban J connectivity index is -0.000000638. The first kappa shape index (κ1) is 28.9. The summed E-state index contributed by atoms with van der Waals surface area (Å²) in [5.41, 5.74) is 0.0750. The third-order valence-electron chi connectivity index (χ3n) is 2.41. The van der Waals surface area contributed by atoms with E-state index in [2.05, 4.69) is 0 Å². The van der Waals surface area contributed by atoms with Crippen molar-refractivity contribution in [2.24, 2.45) is 0 Å². The minimum atomic E-state index is -0.505. The molecule has 0 saturated heterocycles. The molecule has 152 valence electrons. The number of phenols is 1. The van der Waals surface area contributed by atoms with Crippen molar-refractivity contribution in [2.45, 2.75) is 55.4 Å². The van der Waals surface area contributed by atoms with E-state index in [9.17, 15) is 20.0 Å². The molecule has 0 radical (unpaired) electrons. The van der Waals surface area contributed by atoms with E-state index in [0.717, 1.165) is 0 Å². The molecule has 6 heteroatoms. The molecule has 6 nitrogen and oxygen atoms in total. The van der Waals surface area contributed by atoms with Gasteiger partial charge in [0.05, 0.1) is 10.5 Å². The van der Waals surface area contributed by atoms with E-state index in [1.807, 2.05) is 55.4 Å². The molecule has 0 spiro atoms. The lowest BCUT2D eigenvalue weighted by atomic mass is 10.2. The van der Waals surface area contributed by atoms with Crippen LogP contribution >= 0.6 is 0 Å². The quantitative estimate of drug-likeness (QED) is 0.350. The first-order chi connectivity index (χ1) is 13.1. The maximum absolute atomic E-state index is 10.7. The highest BCUT2D eigenvalue weighted by Gasteiger charge is 2.06. The Labute approximate surface area is 163 Å². The normalized spacial score (nSPS) is 7.85. The Hall–Kier alpha value is -2.89. The number of carbonyl (C=O) groups excluding carboxylic acids is 1. The summed E-state index contributed by atoms with van der Waals surface area (Å²) in [5.74, 6) is 0.618. The molecule has 0 aliphatic rings. The first-order valence-corrected chi connectivity index (χ1v) is 9.30. The minimum Gasteiger partial charge on any atom is -0.507 e. The van der Waals surface area contributed by atoms with Crippen molar-refractivity contribution in [2.75, 3.05) is 0 Å². The standard InChI is InChI=1S/C13H9NO5.4C2H6/c15-8-9-7-12(5-6-13(9)16)19-11-3-1-10(2-4-11)14(17)18;4*1-2/h1-8,16H;4*1-2H3. The molecule has 2 aromatic carbocycles. The Morgan fingerprint density at radius 1 is 0.852 bits per heavy atom. The van der Waals surface area contributed by atoms with Gasteiger partial charge in [0, 0.05) is 12.1 Å². The van der Waals surface area contributed by atoms with Crippen LogP contribution in [0.25, 0.3) is 0 Å². The molecule has 1 N–H and O–H groups in total. The summed E-state index contributed by atoms with van der Waals surface area (Å²) < 4.78 is 5.42. The fraction of sp³-hybridized carbons (Fsp3) is 0.381. The second-order valence-corrected chi connectivity index (χ2v) is 3.69. The lowest BCUT2D eigenvalue weighted by Gasteiger charge is -2.06. The van der Waals surface area contributed by atoms with Crippen LogP contribution in [0.5, 0.6) is 17.2 Å². The zero-order valence-corrected chi connectivity index (χ0v) is 17.6. The van der Waals surface area contributed by atoms with Gasteiger partial charge in [-0.25, -0.2) is 0 Å². The third kappa shape index (κ3) is 11.4. The largest absolute Gasteiger partial charge is 0.507 e. The van der Waals surface area contributed by atoms with Crippen molar-refractivity contribution in [3.8, 4) is 17.2 Å². The lowest BCUT2D eigenvalue weighted by molar-refractivity contribution is -0.384. The maximum atomic E-state index is 10.7. The van der Waals surface area contributed by atoms with Gasteiger partial charge in [0.25, 0.3) is 5.69 Å². The molecular weight excluding hydrogens is 346 g/mol. The van der Waals surface area contributed by atoms with E-state index >= 15 is 0 Å². The van der Waals surface area contributed by atoms with Gasteiger partial charge in [-0.1, -0.05) is 55.4 Å². The number of rotatable bonds is 4. The average Bonchev–Trinajstić information content (AvgIpc) is 2.75. The van der Waals surface area contributed by atoms with Crippen LogP contribution in [-0.2, 0) is 0 Å². The molecule has 0 aliphatic carbocycles. The van der Waals surface area contributed by atoms with Crippen molar-refractivity contribution in [3.63, 3.8) is 0 Å². The van der Waals surface area contributed by atoms with Gasteiger partial charge in [-0.3, -0.25) is 14.9 Å². The van der Waals surface area contributed by atoms with E-state index in [0.29, 0.717) is 17.8 Å². The van der Waals surface area contributed by atoms with Crippen LogP contribution in [0.15, 0.2) is 42.5 Å². The number of aromatic hydroxyl groups is 1. The number of nitro benzene ring substituents is 1. The van der Waals surface area contributed by atoms with Crippen LogP contribution in [0.2, 0.25) is 0 Å². The highest BCUT2D eigenvalue weighted by atomic mass is 16.6. The number of nitro groups is 1. The molecule has 2 aromatic rings. The van der Waals surface area contributed by atoms with E-state index < -0.39 is 4.92 Å². The fourth-order valence-electron chi connectivity index (χ4n) is 1.46. The number of aldehydes is 1. The molecular formula is C21H33NO5. The summed E-state index contributed by atoms with van der Waals surface area (Å²) in [6, 6.07) is 9.74. The molecule has 0 aliphatic heterocycles. The van der Waals surface area contributed by atoms with E-state index in [4.69, 9.17) is 4.74 Å². The lowest BCUT2D eigenvalue weighted by Crippen LogP contribution is -1.89. The molecule has 0 fully saturated rings. The van der Waals surface area contributed by atoms with Crippen molar-refractivity contribution in [1.29, 1.82) is 0 Å². The summed E-state index contributed by atoms with van der Waals surface area (Å²) in [6.45, 7) is 16.0. The highest BCUT2D eigenvalue weighted by molar-refractivity contribution is 5.79. The van der Waals surface area contributed by atoms with Gasteiger partial charge in [-0.05, 0) is 30.3 Å². The molecule has 2 rings (SSSR count). The molecule has 0 heterocycles. The fourth-order valence-corrected chi connectivity index (χ4v) is 1.46. The van der Waals surface area contributed by atoms with Crippen molar-refractivity contribution in [3.05, 3.63) is 58.1 Å². The topological polar surface area (TPSA) is 89.7 Å². The minimum absolute atomic E-state index is 0.0355. The van der Waals surface area contributed by atoms with Gasteiger partial charge < -0.3 is 9.84 Å². The zero-order valence-electron chi connectivity index (χ0n) is 17.6. The maximum Gasteiger partial charge on any atom is 0.269 e. The van der Waals surface area contributed by atoms with Gasteiger partial charge in [0.2, 0.25) is 0 Å². The average molecular weight is 379 g/mol. The van der Waals surface area contributed by atoms with E-state index in [1.165, 1.54) is 42.5 Å². The van der Waals surface area contributed by atoms with Gasteiger partial charge in [-0.2, -0.15) is 0 Å². The van der Waals surface area contributed by atoms with Gasteiger partial charge in [-0.15, -0.1) is 0 Å². The van der Waals surface area contributed by atoms with E-state index in [1.54, 1.807) is 0 Å². The highest BCUT2D eigenvalue weighted by Crippen LogP contribution is 2.27. The molecule has 0 bridgehead atoms. The van der Waals surface area contributed by atoms with Crippen LogP contribution in [0.3, 0.4) is 0 Å². The number of carbonyl (C=O) groups is 1. The predicted octanol–water partition coefficient (Wildman–Crippen LogP) is 7.01. The molecule has 0 aromatic heterocycles. The SMILES string of the molecule is CC.CC.CC.CC.O=Cc1cc(Oc2ccc([N+](=O)[O-])cc2)ccc1O. The van der Waals surface area contributed by atoms with Crippen molar-refractivity contribution >= 4 is 12.0 Å². The Bertz CT molecular complexity index is 625. The van der Waals surface area contributed by atoms with E-state index in [-0.39, 0.29) is 17.0 Å². The number of non-ortho nitro benzene ring substituents is 1. The number of hydrogen-bond donors (Lipinski definition) is 1. The molecule has 0 amide bonds. The van der Waals surface area contributed by atoms with Crippen LogP contribution in [-0.4, -0.2) is 16.3 Å². The smallest absolute Gasteiger partial charge is 0.269 e. The van der Waals surface area contributed by atoms with Crippen LogP contribution in [0, 0.1) is 10.1 Å².